The largest absolute Gasteiger partial charge is 0.417 e. The minimum absolute atomic E-state index is 0.0888. The van der Waals surface area contributed by atoms with E-state index in [1.54, 1.807) is 29.2 Å². The number of alkyl halides is 3. The number of carbonyl (C=O) groups is 1. The summed E-state index contributed by atoms with van der Waals surface area (Å²) in [5, 5.41) is 1.22. The van der Waals surface area contributed by atoms with Gasteiger partial charge in [0.15, 0.2) is 0 Å². The van der Waals surface area contributed by atoms with Crippen LogP contribution in [0.5, 0.6) is 0 Å². The summed E-state index contributed by atoms with van der Waals surface area (Å²) in [7, 11) is 0. The Balaban J connectivity index is 1.46. The third kappa shape index (κ3) is 4.33. The number of benzene rings is 1. The van der Waals surface area contributed by atoms with Crippen LogP contribution in [0.4, 0.5) is 19.0 Å². The highest BCUT2D eigenvalue weighted by atomic mass is 35.5. The lowest BCUT2D eigenvalue weighted by Gasteiger charge is -2.23. The van der Waals surface area contributed by atoms with Crippen molar-refractivity contribution in [1.29, 1.82) is 0 Å². The van der Waals surface area contributed by atoms with Gasteiger partial charge in [-0.05, 0) is 48.9 Å². The molecule has 0 N–H and O–H groups in total. The molecule has 0 saturated carbocycles. The molecule has 0 aliphatic carbocycles. The van der Waals surface area contributed by atoms with Crippen LogP contribution in [0.1, 0.15) is 22.3 Å². The number of rotatable bonds is 2. The molecule has 1 aromatic carbocycles. The molecule has 9 heteroatoms. The predicted octanol–water partition coefficient (Wildman–Crippen LogP) is 4.65. The van der Waals surface area contributed by atoms with E-state index in [-0.39, 0.29) is 5.91 Å². The molecule has 4 rings (SSSR count). The minimum Gasteiger partial charge on any atom is -0.355 e. The lowest BCUT2D eigenvalue weighted by atomic mass is 10.1. The summed E-state index contributed by atoms with van der Waals surface area (Å²) in [6.45, 7) is 2.13. The van der Waals surface area contributed by atoms with Crippen molar-refractivity contribution < 1.29 is 18.0 Å². The van der Waals surface area contributed by atoms with Crippen LogP contribution < -0.4 is 4.90 Å². The van der Waals surface area contributed by atoms with Gasteiger partial charge in [0.25, 0.3) is 5.91 Å². The highest BCUT2D eigenvalue weighted by Gasteiger charge is 2.31. The lowest BCUT2D eigenvalue weighted by Crippen LogP contribution is -2.35. The third-order valence-electron chi connectivity index (χ3n) is 5.08. The average molecular weight is 435 g/mol. The van der Waals surface area contributed by atoms with Crippen LogP contribution in [0.2, 0.25) is 5.15 Å². The van der Waals surface area contributed by atoms with Gasteiger partial charge in [0.2, 0.25) is 0 Å². The lowest BCUT2D eigenvalue weighted by molar-refractivity contribution is -0.137. The van der Waals surface area contributed by atoms with Gasteiger partial charge < -0.3 is 9.80 Å². The molecule has 0 spiro atoms. The average Bonchev–Trinajstić information content (AvgIpc) is 2.98. The maximum absolute atomic E-state index is 13.0. The molecule has 1 saturated heterocycles. The van der Waals surface area contributed by atoms with Crippen LogP contribution in [0, 0.1) is 0 Å². The standard InChI is InChI=1S/C21H18ClF3N4O/c22-18-6-3-14-12-15(2-5-17(14)27-18)20(30)29-9-1-8-28(10-11-29)19-7-4-16(13-26-19)21(23,24)25/h2-7,12-13H,1,8-11H2. The molecule has 156 valence electrons. The number of anilines is 1. The van der Waals surface area contributed by atoms with Gasteiger partial charge in [0.1, 0.15) is 11.0 Å². The van der Waals surface area contributed by atoms with Crippen LogP contribution in [0.15, 0.2) is 48.7 Å². The van der Waals surface area contributed by atoms with Gasteiger partial charge in [0.05, 0.1) is 11.1 Å². The molecule has 1 aliphatic rings. The Hall–Kier alpha value is -2.87. The summed E-state index contributed by atoms with van der Waals surface area (Å²) >= 11 is 5.90. The molecule has 0 radical (unpaired) electrons. The van der Waals surface area contributed by atoms with Crippen molar-refractivity contribution in [3.05, 3.63) is 64.9 Å². The minimum atomic E-state index is -4.41. The highest BCUT2D eigenvalue weighted by Crippen LogP contribution is 2.29. The molecule has 30 heavy (non-hydrogen) atoms. The fourth-order valence-corrected chi connectivity index (χ4v) is 3.66. The number of hydrogen-bond donors (Lipinski definition) is 0. The molecule has 5 nitrogen and oxygen atoms in total. The fourth-order valence-electron chi connectivity index (χ4n) is 3.51. The molecular formula is C21H18ClF3N4O. The normalized spacial score (nSPS) is 15.3. The maximum Gasteiger partial charge on any atom is 0.417 e. The number of fused-ring (bicyclic) bond motifs is 1. The Labute approximate surface area is 176 Å². The molecule has 0 atom stereocenters. The van der Waals surface area contributed by atoms with Gasteiger partial charge in [-0.2, -0.15) is 13.2 Å². The van der Waals surface area contributed by atoms with Crippen molar-refractivity contribution in [2.45, 2.75) is 12.6 Å². The van der Waals surface area contributed by atoms with E-state index < -0.39 is 11.7 Å². The van der Waals surface area contributed by atoms with Crippen LogP contribution in [-0.2, 0) is 6.18 Å². The van der Waals surface area contributed by atoms with Gasteiger partial charge in [-0.3, -0.25) is 4.79 Å². The summed E-state index contributed by atoms with van der Waals surface area (Å²) < 4.78 is 38.2. The third-order valence-corrected chi connectivity index (χ3v) is 5.29. The molecule has 3 aromatic rings. The Morgan fingerprint density at radius 3 is 2.57 bits per heavy atom. The second-order valence-corrected chi connectivity index (χ2v) is 7.46. The quantitative estimate of drug-likeness (QED) is 0.551. The Kier molecular flexibility index (Phi) is 5.51. The van der Waals surface area contributed by atoms with E-state index >= 15 is 0 Å². The molecule has 3 heterocycles. The zero-order valence-corrected chi connectivity index (χ0v) is 16.6. The highest BCUT2D eigenvalue weighted by molar-refractivity contribution is 6.29. The number of nitrogens with zero attached hydrogens (tertiary/aromatic N) is 4. The zero-order valence-electron chi connectivity index (χ0n) is 15.9. The maximum atomic E-state index is 13.0. The molecule has 0 unspecified atom stereocenters. The van der Waals surface area contributed by atoms with Crippen molar-refractivity contribution in [1.82, 2.24) is 14.9 Å². The first kappa shape index (κ1) is 20.4. The van der Waals surface area contributed by atoms with Gasteiger partial charge in [-0.1, -0.05) is 11.6 Å². The number of halogens is 4. The summed E-state index contributed by atoms with van der Waals surface area (Å²) in [5.41, 5.74) is 0.507. The second kappa shape index (κ2) is 8.10. The van der Waals surface area contributed by atoms with E-state index in [0.29, 0.717) is 49.1 Å². The first-order valence-corrected chi connectivity index (χ1v) is 9.83. The Morgan fingerprint density at radius 1 is 1.00 bits per heavy atom. The van der Waals surface area contributed by atoms with Crippen molar-refractivity contribution in [3.8, 4) is 0 Å². The van der Waals surface area contributed by atoms with Crippen LogP contribution in [-0.4, -0.2) is 47.0 Å². The van der Waals surface area contributed by atoms with E-state index in [4.69, 9.17) is 11.6 Å². The number of carbonyl (C=O) groups excluding carboxylic acids is 1. The predicted molar refractivity (Wildman–Crippen MR) is 109 cm³/mol. The van der Waals surface area contributed by atoms with E-state index in [9.17, 15) is 18.0 Å². The van der Waals surface area contributed by atoms with E-state index in [1.165, 1.54) is 6.07 Å². The summed E-state index contributed by atoms with van der Waals surface area (Å²) in [5.74, 6) is 0.389. The van der Waals surface area contributed by atoms with Crippen molar-refractivity contribution in [2.24, 2.45) is 0 Å². The Morgan fingerprint density at radius 2 is 1.83 bits per heavy atom. The second-order valence-electron chi connectivity index (χ2n) is 7.08. The molecule has 1 amide bonds. The van der Waals surface area contributed by atoms with E-state index in [0.717, 1.165) is 23.2 Å². The summed E-state index contributed by atoms with van der Waals surface area (Å²) in [6, 6.07) is 11.2. The molecule has 1 aliphatic heterocycles. The monoisotopic (exact) mass is 434 g/mol. The first-order valence-electron chi connectivity index (χ1n) is 9.45. The SMILES string of the molecule is O=C(c1ccc2nc(Cl)ccc2c1)N1CCCN(c2ccc(C(F)(F)F)cn2)CC1. The zero-order chi connectivity index (χ0) is 21.3. The smallest absolute Gasteiger partial charge is 0.355 e. The summed E-state index contributed by atoms with van der Waals surface area (Å²) in [4.78, 5) is 24.8. The fraction of sp³-hybridized carbons (Fsp3) is 0.286. The summed E-state index contributed by atoms with van der Waals surface area (Å²) in [6.07, 6.45) is -2.87. The first-order chi connectivity index (χ1) is 14.3. The number of aromatic nitrogens is 2. The van der Waals surface area contributed by atoms with Crippen LogP contribution in [0.3, 0.4) is 0 Å². The Bertz CT molecular complexity index is 1070. The van der Waals surface area contributed by atoms with Gasteiger partial charge >= 0.3 is 6.18 Å². The van der Waals surface area contributed by atoms with E-state index in [2.05, 4.69) is 9.97 Å². The van der Waals surface area contributed by atoms with Crippen molar-refractivity contribution >= 4 is 34.2 Å². The van der Waals surface area contributed by atoms with Crippen molar-refractivity contribution in [2.75, 3.05) is 31.1 Å². The van der Waals surface area contributed by atoms with Crippen LogP contribution in [0.25, 0.3) is 10.9 Å². The number of pyridine rings is 2. The number of hydrogen-bond acceptors (Lipinski definition) is 4. The molecule has 0 bridgehead atoms. The van der Waals surface area contributed by atoms with E-state index in [1.807, 2.05) is 11.0 Å². The van der Waals surface area contributed by atoms with Crippen molar-refractivity contribution in [3.63, 3.8) is 0 Å². The molecule has 2 aromatic heterocycles. The van der Waals surface area contributed by atoms with Crippen LogP contribution >= 0.6 is 11.6 Å². The molecular weight excluding hydrogens is 417 g/mol. The topological polar surface area (TPSA) is 49.3 Å². The van der Waals surface area contributed by atoms with Gasteiger partial charge in [0, 0.05) is 43.3 Å². The number of amides is 1. The van der Waals surface area contributed by atoms with Gasteiger partial charge in [-0.15, -0.1) is 0 Å². The molecule has 1 fully saturated rings. The van der Waals surface area contributed by atoms with Gasteiger partial charge in [-0.25, -0.2) is 9.97 Å².